The van der Waals surface area contributed by atoms with E-state index in [2.05, 4.69) is 35.3 Å². The van der Waals surface area contributed by atoms with Gasteiger partial charge in [0.25, 0.3) is 0 Å². The molecule has 0 unspecified atom stereocenters. The van der Waals surface area contributed by atoms with Gasteiger partial charge in [0, 0.05) is 17.6 Å². The van der Waals surface area contributed by atoms with Crippen molar-refractivity contribution in [2.45, 2.75) is 39.2 Å². The monoisotopic (exact) mass is 228 g/mol. The molecule has 0 saturated heterocycles. The van der Waals surface area contributed by atoms with Crippen molar-refractivity contribution < 1.29 is 0 Å². The molecule has 0 atom stereocenters. The van der Waals surface area contributed by atoms with Gasteiger partial charge in [-0.05, 0) is 30.0 Å². The van der Waals surface area contributed by atoms with Crippen molar-refractivity contribution in [1.82, 2.24) is 10.3 Å². The predicted molar refractivity (Wildman–Crippen MR) is 72.7 cm³/mol. The minimum Gasteiger partial charge on any atom is -0.357 e. The summed E-state index contributed by atoms with van der Waals surface area (Å²) >= 11 is 0. The average molecular weight is 228 g/mol. The van der Waals surface area contributed by atoms with Crippen molar-refractivity contribution in [2.75, 3.05) is 6.54 Å². The highest BCUT2D eigenvalue weighted by atomic mass is 14.9. The van der Waals surface area contributed by atoms with Crippen molar-refractivity contribution in [3.05, 3.63) is 21.8 Å². The molecular weight excluding hydrogens is 208 g/mol. The Morgan fingerprint density at radius 2 is 2.24 bits per heavy atom. The van der Waals surface area contributed by atoms with Crippen LogP contribution in [0.15, 0.2) is 0 Å². The molecule has 90 valence electrons. The van der Waals surface area contributed by atoms with Crippen LogP contribution in [0.2, 0.25) is 0 Å². The molecule has 0 bridgehead atoms. The second-order valence-electron chi connectivity index (χ2n) is 4.45. The smallest absolute Gasteiger partial charge is 0.0576 e. The van der Waals surface area contributed by atoms with E-state index in [1.165, 1.54) is 34.7 Å². The fourth-order valence-electron chi connectivity index (χ4n) is 2.43. The van der Waals surface area contributed by atoms with E-state index in [1.807, 2.05) is 0 Å². The van der Waals surface area contributed by atoms with Crippen molar-refractivity contribution in [3.63, 3.8) is 0 Å². The summed E-state index contributed by atoms with van der Waals surface area (Å²) < 4.78 is 0. The first-order valence-corrected chi connectivity index (χ1v) is 6.41. The van der Waals surface area contributed by atoms with E-state index in [9.17, 15) is 0 Å². The standard InChI is InChI=1S/C15H20N2/c1-3-7-12-13-8-5-6-9-14(13)17-15(12)11-16-10-4-2/h2,8-9,16-17H,3,5-7,10-11H2,1H3. The van der Waals surface area contributed by atoms with Crippen molar-refractivity contribution in [1.29, 1.82) is 0 Å². The van der Waals surface area contributed by atoms with Crippen LogP contribution in [-0.4, -0.2) is 11.5 Å². The van der Waals surface area contributed by atoms with Crippen LogP contribution in [0.5, 0.6) is 0 Å². The molecule has 0 aromatic carbocycles. The number of nitrogens with one attached hydrogen (secondary N) is 2. The molecule has 2 N–H and O–H groups in total. The highest BCUT2D eigenvalue weighted by molar-refractivity contribution is 5.42. The molecule has 1 heterocycles. The van der Waals surface area contributed by atoms with E-state index in [1.54, 1.807) is 0 Å². The Morgan fingerprint density at radius 1 is 1.41 bits per heavy atom. The van der Waals surface area contributed by atoms with Crippen molar-refractivity contribution in [2.24, 2.45) is 0 Å². The fourth-order valence-corrected chi connectivity index (χ4v) is 2.43. The van der Waals surface area contributed by atoms with Crippen LogP contribution in [0.1, 0.15) is 37.4 Å². The normalized spacial score (nSPS) is 13.4. The number of rotatable bonds is 5. The Bertz CT molecular complexity index is 528. The molecule has 0 fully saturated rings. The largest absolute Gasteiger partial charge is 0.357 e. The maximum Gasteiger partial charge on any atom is 0.0576 e. The predicted octanol–water partition coefficient (Wildman–Crippen LogP) is 1.04. The summed E-state index contributed by atoms with van der Waals surface area (Å²) in [5.41, 5.74) is 2.78. The molecule has 1 aromatic heterocycles. The van der Waals surface area contributed by atoms with Gasteiger partial charge < -0.3 is 10.3 Å². The van der Waals surface area contributed by atoms with Gasteiger partial charge in [0.2, 0.25) is 0 Å². The molecule has 1 aliphatic rings. The Labute approximate surface area is 103 Å². The van der Waals surface area contributed by atoms with Crippen LogP contribution in [-0.2, 0) is 13.0 Å². The summed E-state index contributed by atoms with van der Waals surface area (Å²) in [4.78, 5) is 3.53. The lowest BCUT2D eigenvalue weighted by molar-refractivity contribution is 0.739. The molecule has 1 aromatic rings. The van der Waals surface area contributed by atoms with E-state index in [0.29, 0.717) is 6.54 Å². The Kier molecular flexibility index (Phi) is 4.06. The van der Waals surface area contributed by atoms with Gasteiger partial charge >= 0.3 is 0 Å². The molecule has 0 saturated carbocycles. The highest BCUT2D eigenvalue weighted by Crippen LogP contribution is 2.05. The first-order chi connectivity index (χ1) is 8.36. The third-order valence-electron chi connectivity index (χ3n) is 3.16. The number of hydrogen-bond acceptors (Lipinski definition) is 1. The molecule has 0 spiro atoms. The number of aromatic nitrogens is 1. The van der Waals surface area contributed by atoms with Gasteiger partial charge in [0.1, 0.15) is 0 Å². The summed E-state index contributed by atoms with van der Waals surface area (Å²) in [7, 11) is 0. The third-order valence-corrected chi connectivity index (χ3v) is 3.16. The van der Waals surface area contributed by atoms with E-state index in [4.69, 9.17) is 6.42 Å². The zero-order valence-electron chi connectivity index (χ0n) is 10.5. The summed E-state index contributed by atoms with van der Waals surface area (Å²) in [6, 6.07) is 0. The molecule has 0 aliphatic heterocycles. The van der Waals surface area contributed by atoms with E-state index >= 15 is 0 Å². The molecule has 2 rings (SSSR count). The SMILES string of the molecule is C#CCNCc1[nH]c2c(c1CCC)=CCCC=2. The van der Waals surface area contributed by atoms with Gasteiger partial charge in [-0.3, -0.25) is 0 Å². The van der Waals surface area contributed by atoms with Crippen LogP contribution in [0.4, 0.5) is 0 Å². The lowest BCUT2D eigenvalue weighted by atomic mass is 10.0. The third kappa shape index (κ3) is 2.62. The molecule has 17 heavy (non-hydrogen) atoms. The summed E-state index contributed by atoms with van der Waals surface area (Å²) in [6.07, 6.45) is 14.6. The van der Waals surface area contributed by atoms with E-state index < -0.39 is 0 Å². The Morgan fingerprint density at radius 3 is 3.00 bits per heavy atom. The minimum atomic E-state index is 0.628. The zero-order chi connectivity index (χ0) is 12.1. The number of H-pyrrole nitrogens is 1. The zero-order valence-corrected chi connectivity index (χ0v) is 10.5. The molecule has 1 aliphatic carbocycles. The maximum absolute atomic E-state index is 5.25. The molecule has 0 amide bonds. The maximum atomic E-state index is 5.25. The minimum absolute atomic E-state index is 0.628. The van der Waals surface area contributed by atoms with Crippen LogP contribution in [0, 0.1) is 12.3 Å². The molecule has 2 heteroatoms. The van der Waals surface area contributed by atoms with Crippen molar-refractivity contribution in [3.8, 4) is 12.3 Å². The average Bonchev–Trinajstić information content (AvgIpc) is 2.69. The van der Waals surface area contributed by atoms with Crippen LogP contribution in [0.3, 0.4) is 0 Å². The number of hydrogen-bond donors (Lipinski definition) is 2. The van der Waals surface area contributed by atoms with Gasteiger partial charge in [0.15, 0.2) is 0 Å². The van der Waals surface area contributed by atoms with Crippen LogP contribution < -0.4 is 15.9 Å². The molecule has 2 nitrogen and oxygen atoms in total. The summed E-state index contributed by atoms with van der Waals surface area (Å²) in [6.45, 7) is 3.70. The first-order valence-electron chi connectivity index (χ1n) is 6.41. The van der Waals surface area contributed by atoms with E-state index in [-0.39, 0.29) is 0 Å². The fraction of sp³-hybridized carbons (Fsp3) is 0.467. The highest BCUT2D eigenvalue weighted by Gasteiger charge is 2.09. The first kappa shape index (κ1) is 12.0. The lowest BCUT2D eigenvalue weighted by Gasteiger charge is -2.03. The number of terminal acetylenes is 1. The summed E-state index contributed by atoms with van der Waals surface area (Å²) in [5, 5.41) is 5.99. The van der Waals surface area contributed by atoms with Crippen LogP contribution in [0.25, 0.3) is 12.2 Å². The Hall–Kier alpha value is -1.46. The van der Waals surface area contributed by atoms with Gasteiger partial charge in [-0.15, -0.1) is 6.42 Å². The molecular formula is C15H20N2. The van der Waals surface area contributed by atoms with Gasteiger partial charge in [-0.25, -0.2) is 0 Å². The lowest BCUT2D eigenvalue weighted by Crippen LogP contribution is -2.26. The van der Waals surface area contributed by atoms with E-state index in [0.717, 1.165) is 19.4 Å². The summed E-state index contributed by atoms with van der Waals surface area (Å²) in [5.74, 6) is 2.61. The van der Waals surface area contributed by atoms with Crippen LogP contribution >= 0.6 is 0 Å². The van der Waals surface area contributed by atoms with Gasteiger partial charge in [-0.1, -0.05) is 31.4 Å². The quantitative estimate of drug-likeness (QED) is 0.572. The topological polar surface area (TPSA) is 27.8 Å². The second kappa shape index (κ2) is 5.75. The Balaban J connectivity index is 2.32. The second-order valence-corrected chi connectivity index (χ2v) is 4.45. The van der Waals surface area contributed by atoms with Gasteiger partial charge in [-0.2, -0.15) is 0 Å². The number of aromatic amines is 1. The van der Waals surface area contributed by atoms with Gasteiger partial charge in [0.05, 0.1) is 6.54 Å². The number of fused-ring (bicyclic) bond motifs is 1. The molecule has 0 radical (unpaired) electrons. The van der Waals surface area contributed by atoms with Crippen molar-refractivity contribution >= 4 is 12.2 Å².